The number of aromatic nitrogens is 3. The van der Waals surface area contributed by atoms with E-state index >= 15 is 0 Å². The van der Waals surface area contributed by atoms with Crippen LogP contribution in [0.2, 0.25) is 0 Å². The van der Waals surface area contributed by atoms with Gasteiger partial charge in [-0.15, -0.1) is 0 Å². The molecule has 0 saturated heterocycles. The summed E-state index contributed by atoms with van der Waals surface area (Å²) in [6.45, 7) is 2.24. The normalized spacial score (nSPS) is 12.3. The maximum atomic E-state index is 12.8. The Morgan fingerprint density at radius 3 is 2.65 bits per heavy atom. The van der Waals surface area contributed by atoms with E-state index < -0.39 is 6.04 Å². The van der Waals surface area contributed by atoms with Crippen LogP contribution in [0.15, 0.2) is 65.6 Å². The van der Waals surface area contributed by atoms with Gasteiger partial charge in [0.2, 0.25) is 5.91 Å². The number of aromatic amines is 1. The van der Waals surface area contributed by atoms with Crippen LogP contribution in [0.5, 0.6) is 0 Å². The zero-order valence-electron chi connectivity index (χ0n) is 14.3. The van der Waals surface area contributed by atoms with Crippen molar-refractivity contribution in [1.82, 2.24) is 20.1 Å². The molecular weight excluding hydrogens is 328 g/mol. The summed E-state index contributed by atoms with van der Waals surface area (Å²) in [5.74, 6) is -0.146. The molecular formula is C20H18N4O2. The molecule has 130 valence electrons. The third-order valence-electron chi connectivity index (χ3n) is 4.60. The van der Waals surface area contributed by atoms with Gasteiger partial charge >= 0.3 is 0 Å². The summed E-state index contributed by atoms with van der Waals surface area (Å²) < 4.78 is 1.78. The number of benzene rings is 2. The molecule has 2 aromatic carbocycles. The molecule has 0 aliphatic rings. The van der Waals surface area contributed by atoms with E-state index in [1.165, 1.54) is 0 Å². The first-order valence-corrected chi connectivity index (χ1v) is 8.45. The molecule has 2 heterocycles. The maximum Gasteiger partial charge on any atom is 0.288 e. The van der Waals surface area contributed by atoms with Crippen LogP contribution in [0.25, 0.3) is 21.8 Å². The summed E-state index contributed by atoms with van der Waals surface area (Å²) in [5.41, 5.74) is 2.02. The Balaban J connectivity index is 1.75. The molecule has 0 bridgehead atoms. The molecule has 0 aliphatic carbocycles. The average molecular weight is 346 g/mol. The van der Waals surface area contributed by atoms with Crippen LogP contribution in [0.4, 0.5) is 0 Å². The van der Waals surface area contributed by atoms with Crippen molar-refractivity contribution in [2.75, 3.05) is 0 Å². The molecule has 26 heavy (non-hydrogen) atoms. The Morgan fingerprint density at radius 1 is 1.12 bits per heavy atom. The van der Waals surface area contributed by atoms with Gasteiger partial charge in [-0.3, -0.25) is 9.59 Å². The van der Waals surface area contributed by atoms with Gasteiger partial charge in [-0.05, 0) is 18.6 Å². The van der Waals surface area contributed by atoms with E-state index in [4.69, 9.17) is 0 Å². The van der Waals surface area contributed by atoms with E-state index in [1.807, 2.05) is 54.6 Å². The summed E-state index contributed by atoms with van der Waals surface area (Å²) in [7, 11) is 0. The van der Waals surface area contributed by atoms with E-state index in [9.17, 15) is 9.59 Å². The van der Waals surface area contributed by atoms with Gasteiger partial charge in [0, 0.05) is 17.3 Å². The van der Waals surface area contributed by atoms with Crippen LogP contribution >= 0.6 is 0 Å². The third kappa shape index (κ3) is 2.65. The van der Waals surface area contributed by atoms with Crippen LogP contribution in [0.1, 0.15) is 18.5 Å². The second-order valence-electron chi connectivity index (χ2n) is 6.23. The van der Waals surface area contributed by atoms with Crippen LogP contribution < -0.4 is 10.9 Å². The lowest BCUT2D eigenvalue weighted by Gasteiger charge is -2.16. The minimum absolute atomic E-state index is 0.146. The molecule has 1 amide bonds. The Kier molecular flexibility index (Phi) is 4.01. The van der Waals surface area contributed by atoms with E-state index in [0.29, 0.717) is 12.1 Å². The molecule has 1 atom stereocenters. The molecule has 0 spiro atoms. The molecule has 0 aliphatic heterocycles. The molecule has 4 rings (SSSR count). The minimum Gasteiger partial charge on any atom is -0.350 e. The summed E-state index contributed by atoms with van der Waals surface area (Å²) >= 11 is 0. The molecule has 6 heteroatoms. The number of H-pyrrole nitrogens is 1. The summed E-state index contributed by atoms with van der Waals surface area (Å²) in [4.78, 5) is 25.2. The number of nitrogens with zero attached hydrogens (tertiary/aromatic N) is 2. The number of carbonyl (C=O) groups excluding carboxylic acids is 1. The maximum absolute atomic E-state index is 12.8. The predicted octanol–water partition coefficient (Wildman–Crippen LogP) is 2.76. The number of nitrogens with one attached hydrogen (secondary N) is 2. The summed E-state index contributed by atoms with van der Waals surface area (Å²) in [6, 6.07) is 16.8. The number of carbonyl (C=O) groups is 1. The number of rotatable bonds is 4. The Hall–Kier alpha value is -3.41. The molecule has 0 saturated carbocycles. The molecule has 2 aromatic heterocycles. The Morgan fingerprint density at radius 2 is 1.85 bits per heavy atom. The van der Waals surface area contributed by atoms with Gasteiger partial charge in [0.25, 0.3) is 5.56 Å². The number of hydrogen-bond donors (Lipinski definition) is 2. The van der Waals surface area contributed by atoms with Gasteiger partial charge in [-0.1, -0.05) is 48.5 Å². The van der Waals surface area contributed by atoms with Crippen molar-refractivity contribution in [3.63, 3.8) is 0 Å². The Bertz CT molecular complexity index is 1140. The smallest absolute Gasteiger partial charge is 0.288 e. The lowest BCUT2D eigenvalue weighted by molar-refractivity contribution is -0.123. The zero-order chi connectivity index (χ0) is 18.1. The quantitative estimate of drug-likeness (QED) is 0.596. The van der Waals surface area contributed by atoms with E-state index in [1.54, 1.807) is 17.7 Å². The van der Waals surface area contributed by atoms with Gasteiger partial charge in [-0.25, -0.2) is 5.10 Å². The third-order valence-corrected chi connectivity index (χ3v) is 4.60. The topological polar surface area (TPSA) is 79.8 Å². The fraction of sp³-hybridized carbons (Fsp3) is 0.150. The highest BCUT2D eigenvalue weighted by Gasteiger charge is 2.22. The number of amides is 1. The average Bonchev–Trinajstić information content (AvgIpc) is 3.02. The Labute approximate surface area is 149 Å². The largest absolute Gasteiger partial charge is 0.350 e. The number of para-hydroxylation sites is 1. The van der Waals surface area contributed by atoms with Gasteiger partial charge in [-0.2, -0.15) is 5.10 Å². The van der Waals surface area contributed by atoms with Gasteiger partial charge < -0.3 is 9.88 Å². The van der Waals surface area contributed by atoms with Crippen LogP contribution in [0.3, 0.4) is 0 Å². The highest BCUT2D eigenvalue weighted by atomic mass is 16.2. The van der Waals surface area contributed by atoms with Crippen molar-refractivity contribution in [2.24, 2.45) is 0 Å². The highest BCUT2D eigenvalue weighted by Crippen LogP contribution is 2.29. The number of hydrogen-bond acceptors (Lipinski definition) is 3. The number of fused-ring (bicyclic) bond motifs is 3. The second kappa shape index (κ2) is 6.48. The first kappa shape index (κ1) is 16.1. The minimum atomic E-state index is -0.537. The van der Waals surface area contributed by atoms with Crippen LogP contribution in [-0.2, 0) is 11.3 Å². The van der Waals surface area contributed by atoms with E-state index in [-0.39, 0.29) is 11.5 Å². The summed E-state index contributed by atoms with van der Waals surface area (Å²) in [6.07, 6.45) is 1.63. The summed E-state index contributed by atoms with van der Waals surface area (Å²) in [5, 5.41) is 11.0. The molecule has 0 fully saturated rings. The highest BCUT2D eigenvalue weighted by molar-refractivity contribution is 6.08. The van der Waals surface area contributed by atoms with E-state index in [0.717, 1.165) is 21.9 Å². The fourth-order valence-corrected chi connectivity index (χ4v) is 3.31. The molecule has 4 aromatic rings. The lowest BCUT2D eigenvalue weighted by Crippen LogP contribution is -2.31. The lowest BCUT2D eigenvalue weighted by atomic mass is 10.2. The zero-order valence-corrected chi connectivity index (χ0v) is 14.3. The van der Waals surface area contributed by atoms with Crippen molar-refractivity contribution in [1.29, 1.82) is 0 Å². The molecule has 0 unspecified atom stereocenters. The molecule has 0 radical (unpaired) electrons. The van der Waals surface area contributed by atoms with Gasteiger partial charge in [0.1, 0.15) is 11.6 Å². The van der Waals surface area contributed by atoms with E-state index in [2.05, 4.69) is 15.5 Å². The SMILES string of the molecule is C[C@@H](C(=O)NCc1ccccc1)n1c2ccccc2c2cn[nH]c(=O)c21. The van der Waals surface area contributed by atoms with Crippen molar-refractivity contribution in [2.45, 2.75) is 19.5 Å². The van der Waals surface area contributed by atoms with Gasteiger partial charge in [0.15, 0.2) is 0 Å². The first-order chi connectivity index (χ1) is 12.7. The van der Waals surface area contributed by atoms with Crippen LogP contribution in [-0.4, -0.2) is 20.7 Å². The van der Waals surface area contributed by atoms with Gasteiger partial charge in [0.05, 0.1) is 11.7 Å². The standard InChI is InChI=1S/C20H18N4O2/c1-13(19(25)21-11-14-7-3-2-4-8-14)24-17-10-6-5-9-15(17)16-12-22-23-20(26)18(16)24/h2-10,12-13H,11H2,1H3,(H,21,25)(H,23,26)/t13-/m0/s1. The first-order valence-electron chi connectivity index (χ1n) is 8.45. The van der Waals surface area contributed by atoms with Crippen LogP contribution in [0, 0.1) is 0 Å². The molecule has 6 nitrogen and oxygen atoms in total. The van der Waals surface area contributed by atoms with Crippen molar-refractivity contribution in [3.05, 3.63) is 76.7 Å². The van der Waals surface area contributed by atoms with Crippen molar-refractivity contribution in [3.8, 4) is 0 Å². The van der Waals surface area contributed by atoms with Crippen molar-refractivity contribution >= 4 is 27.7 Å². The van der Waals surface area contributed by atoms with Crippen molar-refractivity contribution < 1.29 is 4.79 Å². The molecule has 2 N–H and O–H groups in total. The predicted molar refractivity (Wildman–Crippen MR) is 101 cm³/mol. The fourth-order valence-electron chi connectivity index (χ4n) is 3.31. The monoisotopic (exact) mass is 346 g/mol. The second-order valence-corrected chi connectivity index (χ2v) is 6.23.